The Morgan fingerprint density at radius 2 is 2.46 bits per heavy atom. The Labute approximate surface area is 75.7 Å². The minimum absolute atomic E-state index is 0.397. The quantitative estimate of drug-likeness (QED) is 0.637. The Hall–Kier alpha value is -1.23. The highest BCUT2D eigenvalue weighted by Crippen LogP contribution is 2.35. The SMILES string of the molecule is COCc1c(C=O)nnn1C1CC1. The van der Waals surface area contributed by atoms with Gasteiger partial charge in [0.25, 0.3) is 0 Å². The molecule has 0 N–H and O–H groups in total. The van der Waals surface area contributed by atoms with Crippen molar-refractivity contribution in [2.75, 3.05) is 7.11 Å². The largest absolute Gasteiger partial charge is 0.378 e. The fourth-order valence-electron chi connectivity index (χ4n) is 1.31. The second kappa shape index (κ2) is 3.26. The van der Waals surface area contributed by atoms with Crippen LogP contribution >= 0.6 is 0 Å². The van der Waals surface area contributed by atoms with Gasteiger partial charge in [0.2, 0.25) is 0 Å². The van der Waals surface area contributed by atoms with E-state index in [1.807, 2.05) is 0 Å². The number of hydrogen-bond donors (Lipinski definition) is 0. The molecule has 0 bridgehead atoms. The molecular weight excluding hydrogens is 170 g/mol. The summed E-state index contributed by atoms with van der Waals surface area (Å²) in [6.07, 6.45) is 2.97. The maximum Gasteiger partial charge on any atom is 0.172 e. The zero-order chi connectivity index (χ0) is 9.26. The monoisotopic (exact) mass is 181 g/mol. The molecule has 1 aliphatic carbocycles. The third-order valence-corrected chi connectivity index (χ3v) is 2.11. The minimum Gasteiger partial charge on any atom is -0.378 e. The van der Waals surface area contributed by atoms with Crippen molar-refractivity contribution >= 4 is 6.29 Å². The number of rotatable bonds is 4. The van der Waals surface area contributed by atoms with E-state index in [-0.39, 0.29) is 0 Å². The third-order valence-electron chi connectivity index (χ3n) is 2.11. The molecule has 0 saturated heterocycles. The summed E-state index contributed by atoms with van der Waals surface area (Å²) in [5.41, 5.74) is 1.19. The van der Waals surface area contributed by atoms with E-state index in [0.29, 0.717) is 18.3 Å². The van der Waals surface area contributed by atoms with E-state index in [1.54, 1.807) is 11.8 Å². The van der Waals surface area contributed by atoms with Gasteiger partial charge < -0.3 is 4.74 Å². The van der Waals surface area contributed by atoms with Gasteiger partial charge in [0.1, 0.15) is 0 Å². The molecule has 2 rings (SSSR count). The lowest BCUT2D eigenvalue weighted by molar-refractivity contribution is 0.111. The van der Waals surface area contributed by atoms with Crippen LogP contribution in [0.5, 0.6) is 0 Å². The summed E-state index contributed by atoms with van der Waals surface area (Å²) in [6, 6.07) is 0.436. The van der Waals surface area contributed by atoms with E-state index < -0.39 is 0 Å². The molecule has 13 heavy (non-hydrogen) atoms. The van der Waals surface area contributed by atoms with Crippen molar-refractivity contribution in [3.05, 3.63) is 11.4 Å². The molecule has 0 spiro atoms. The lowest BCUT2D eigenvalue weighted by atomic mass is 10.3. The van der Waals surface area contributed by atoms with E-state index in [1.165, 1.54) is 0 Å². The van der Waals surface area contributed by atoms with E-state index in [2.05, 4.69) is 10.3 Å². The van der Waals surface area contributed by atoms with Crippen molar-refractivity contribution in [3.63, 3.8) is 0 Å². The third kappa shape index (κ3) is 1.47. The summed E-state index contributed by atoms with van der Waals surface area (Å²) in [5, 5.41) is 7.70. The van der Waals surface area contributed by atoms with E-state index in [9.17, 15) is 4.79 Å². The van der Waals surface area contributed by atoms with Crippen molar-refractivity contribution in [2.24, 2.45) is 0 Å². The summed E-state index contributed by atoms with van der Waals surface area (Å²) in [4.78, 5) is 10.6. The van der Waals surface area contributed by atoms with Crippen molar-refractivity contribution in [1.29, 1.82) is 0 Å². The van der Waals surface area contributed by atoms with E-state index in [4.69, 9.17) is 4.74 Å². The van der Waals surface area contributed by atoms with Crippen LogP contribution in [0, 0.1) is 0 Å². The Morgan fingerprint density at radius 3 is 3.00 bits per heavy atom. The van der Waals surface area contributed by atoms with E-state index >= 15 is 0 Å². The molecule has 1 saturated carbocycles. The summed E-state index contributed by atoms with van der Waals surface area (Å²) in [6.45, 7) is 0.400. The maximum absolute atomic E-state index is 10.6. The van der Waals surface area contributed by atoms with Gasteiger partial charge in [0.05, 0.1) is 18.3 Å². The molecule has 0 atom stereocenters. The average Bonchev–Trinajstić information content (AvgIpc) is 2.90. The van der Waals surface area contributed by atoms with Gasteiger partial charge in [-0.25, -0.2) is 4.68 Å². The second-order valence-corrected chi connectivity index (χ2v) is 3.15. The fraction of sp³-hybridized carbons (Fsp3) is 0.625. The fourth-order valence-corrected chi connectivity index (χ4v) is 1.31. The molecule has 5 heteroatoms. The standard InChI is InChI=1S/C8H11N3O2/c1-13-5-8-7(4-12)9-10-11(8)6-2-3-6/h4,6H,2-3,5H2,1H3. The minimum atomic E-state index is 0.397. The van der Waals surface area contributed by atoms with Gasteiger partial charge in [0, 0.05) is 7.11 Å². The van der Waals surface area contributed by atoms with Crippen LogP contribution in [-0.4, -0.2) is 28.4 Å². The Balaban J connectivity index is 2.31. The summed E-state index contributed by atoms with van der Waals surface area (Å²) in [7, 11) is 1.60. The van der Waals surface area contributed by atoms with Crippen LogP contribution < -0.4 is 0 Å². The highest BCUT2D eigenvalue weighted by molar-refractivity contribution is 5.73. The van der Waals surface area contributed by atoms with Crippen LogP contribution in [-0.2, 0) is 11.3 Å². The molecule has 0 amide bonds. The summed E-state index contributed by atoms with van der Waals surface area (Å²) >= 11 is 0. The lowest BCUT2D eigenvalue weighted by Crippen LogP contribution is -2.04. The zero-order valence-corrected chi connectivity index (χ0v) is 7.43. The second-order valence-electron chi connectivity index (χ2n) is 3.15. The first-order chi connectivity index (χ1) is 6.36. The van der Waals surface area contributed by atoms with Crippen LogP contribution in [0.3, 0.4) is 0 Å². The number of carbonyl (C=O) groups excluding carboxylic acids is 1. The van der Waals surface area contributed by atoms with Crippen LogP contribution in [0.4, 0.5) is 0 Å². The average molecular weight is 181 g/mol. The zero-order valence-electron chi connectivity index (χ0n) is 7.43. The predicted molar refractivity (Wildman–Crippen MR) is 44.4 cm³/mol. The number of aldehydes is 1. The molecule has 1 fully saturated rings. The van der Waals surface area contributed by atoms with Crippen LogP contribution in [0.25, 0.3) is 0 Å². The first-order valence-electron chi connectivity index (χ1n) is 4.25. The van der Waals surface area contributed by atoms with E-state index in [0.717, 1.165) is 24.8 Å². The predicted octanol–water partition coefficient (Wildman–Crippen LogP) is 0.572. The number of carbonyl (C=O) groups is 1. The molecule has 5 nitrogen and oxygen atoms in total. The van der Waals surface area contributed by atoms with Gasteiger partial charge in [-0.05, 0) is 12.8 Å². The van der Waals surface area contributed by atoms with Gasteiger partial charge in [-0.15, -0.1) is 5.10 Å². The van der Waals surface area contributed by atoms with Crippen molar-refractivity contribution in [1.82, 2.24) is 15.0 Å². The molecule has 70 valence electrons. The molecule has 0 aromatic carbocycles. The maximum atomic E-state index is 10.6. The van der Waals surface area contributed by atoms with Gasteiger partial charge in [-0.1, -0.05) is 5.21 Å². The van der Waals surface area contributed by atoms with Gasteiger partial charge in [-0.3, -0.25) is 4.79 Å². The van der Waals surface area contributed by atoms with Gasteiger partial charge in [0.15, 0.2) is 12.0 Å². The van der Waals surface area contributed by atoms with Crippen LogP contribution in [0.1, 0.15) is 35.1 Å². The lowest BCUT2D eigenvalue weighted by Gasteiger charge is -2.02. The number of ether oxygens (including phenoxy) is 1. The number of aromatic nitrogens is 3. The molecule has 1 heterocycles. The molecule has 0 unspecified atom stereocenters. The summed E-state index contributed by atoms with van der Waals surface area (Å²) < 4.78 is 6.79. The topological polar surface area (TPSA) is 57.0 Å². The highest BCUT2D eigenvalue weighted by Gasteiger charge is 2.28. The van der Waals surface area contributed by atoms with Crippen LogP contribution in [0.15, 0.2) is 0 Å². The Kier molecular flexibility index (Phi) is 2.10. The number of methoxy groups -OCH3 is 1. The smallest absolute Gasteiger partial charge is 0.172 e. The molecule has 1 aromatic rings. The number of hydrogen-bond acceptors (Lipinski definition) is 4. The molecule has 0 radical (unpaired) electrons. The highest BCUT2D eigenvalue weighted by atomic mass is 16.5. The Morgan fingerprint density at radius 1 is 1.69 bits per heavy atom. The molecular formula is C8H11N3O2. The normalized spacial score (nSPS) is 16.1. The first kappa shape index (κ1) is 8.37. The van der Waals surface area contributed by atoms with Crippen LogP contribution in [0.2, 0.25) is 0 Å². The Bertz CT molecular complexity index is 317. The van der Waals surface area contributed by atoms with Crippen molar-refractivity contribution in [3.8, 4) is 0 Å². The van der Waals surface area contributed by atoms with Crippen molar-refractivity contribution < 1.29 is 9.53 Å². The molecule has 1 aromatic heterocycles. The number of nitrogens with zero attached hydrogens (tertiary/aromatic N) is 3. The van der Waals surface area contributed by atoms with Gasteiger partial charge >= 0.3 is 0 Å². The first-order valence-corrected chi connectivity index (χ1v) is 4.25. The van der Waals surface area contributed by atoms with Crippen molar-refractivity contribution in [2.45, 2.75) is 25.5 Å². The summed E-state index contributed by atoms with van der Waals surface area (Å²) in [5.74, 6) is 0. The van der Waals surface area contributed by atoms with Gasteiger partial charge in [-0.2, -0.15) is 0 Å². The molecule has 1 aliphatic rings. The molecule has 0 aliphatic heterocycles.